The average Bonchev–Trinajstić information content (AvgIpc) is 2.72. The second-order valence-electron chi connectivity index (χ2n) is 5.79. The maximum absolute atomic E-state index is 12.4. The Morgan fingerprint density at radius 2 is 2.05 bits per heavy atom. The number of rotatable bonds is 5. The number of aromatic nitrogens is 2. The van der Waals surface area contributed by atoms with Gasteiger partial charge < -0.3 is 16.2 Å². The summed E-state index contributed by atoms with van der Waals surface area (Å²) in [5, 5.41) is 13.0. The van der Waals surface area contributed by atoms with Crippen molar-refractivity contribution >= 4 is 33.3 Å². The van der Waals surface area contributed by atoms with Gasteiger partial charge in [0.25, 0.3) is 5.91 Å². The number of amides is 1. The first kappa shape index (κ1) is 16.6. The Morgan fingerprint density at radius 3 is 2.68 bits per heavy atom. The minimum atomic E-state index is -0.365. The summed E-state index contributed by atoms with van der Waals surface area (Å²) < 4.78 is 0. The van der Waals surface area contributed by atoms with Crippen LogP contribution in [-0.4, -0.2) is 33.6 Å². The molecule has 120 valence electrons. The van der Waals surface area contributed by atoms with Crippen molar-refractivity contribution in [1.82, 2.24) is 15.3 Å². The lowest BCUT2D eigenvalue weighted by atomic mass is 10.0. The SMILES string of the molecule is Cc1nc(N)c2c(C)c(C(=O)NCC(C)CC(C)O)sc2n1. The number of hydrogen-bond donors (Lipinski definition) is 3. The zero-order valence-electron chi connectivity index (χ0n) is 13.3. The molecule has 2 rings (SSSR count). The number of thiophene rings is 1. The van der Waals surface area contributed by atoms with Crippen molar-refractivity contribution in [2.75, 3.05) is 12.3 Å². The lowest BCUT2D eigenvalue weighted by Crippen LogP contribution is -2.29. The average molecular weight is 322 g/mol. The second-order valence-corrected chi connectivity index (χ2v) is 6.79. The lowest BCUT2D eigenvalue weighted by Gasteiger charge is -2.13. The van der Waals surface area contributed by atoms with Crippen molar-refractivity contribution in [3.63, 3.8) is 0 Å². The molecule has 2 heterocycles. The van der Waals surface area contributed by atoms with E-state index >= 15 is 0 Å². The van der Waals surface area contributed by atoms with E-state index in [4.69, 9.17) is 5.73 Å². The molecule has 2 unspecified atom stereocenters. The lowest BCUT2D eigenvalue weighted by molar-refractivity contribution is 0.0943. The number of aliphatic hydroxyl groups excluding tert-OH is 1. The van der Waals surface area contributed by atoms with Crippen LogP contribution in [0.15, 0.2) is 0 Å². The summed E-state index contributed by atoms with van der Waals surface area (Å²) in [5.41, 5.74) is 6.76. The zero-order chi connectivity index (χ0) is 16.4. The van der Waals surface area contributed by atoms with Gasteiger partial charge in [0.1, 0.15) is 16.5 Å². The Bertz CT molecular complexity index is 696. The standard InChI is InChI=1S/C15H22N4O2S/c1-7(5-8(2)20)6-17-14(21)12-9(3)11-13(16)18-10(4)19-15(11)22-12/h7-8,20H,5-6H2,1-4H3,(H,17,21)(H2,16,18,19). The number of nitrogen functional groups attached to an aromatic ring is 1. The number of fused-ring (bicyclic) bond motifs is 1. The fourth-order valence-corrected chi connectivity index (χ4v) is 3.66. The minimum absolute atomic E-state index is 0.130. The van der Waals surface area contributed by atoms with E-state index in [-0.39, 0.29) is 17.9 Å². The van der Waals surface area contributed by atoms with Crippen molar-refractivity contribution in [2.24, 2.45) is 5.92 Å². The first-order valence-corrected chi connectivity index (χ1v) is 8.10. The summed E-state index contributed by atoms with van der Waals surface area (Å²) in [7, 11) is 0. The summed E-state index contributed by atoms with van der Waals surface area (Å²) in [5.74, 6) is 1.10. The van der Waals surface area contributed by atoms with E-state index in [0.717, 1.165) is 15.8 Å². The molecule has 0 aromatic carbocycles. The van der Waals surface area contributed by atoms with Crippen LogP contribution < -0.4 is 11.1 Å². The maximum atomic E-state index is 12.4. The largest absolute Gasteiger partial charge is 0.393 e. The van der Waals surface area contributed by atoms with E-state index in [2.05, 4.69) is 15.3 Å². The predicted molar refractivity (Wildman–Crippen MR) is 89.1 cm³/mol. The number of nitrogens with zero attached hydrogens (tertiary/aromatic N) is 2. The van der Waals surface area contributed by atoms with Crippen molar-refractivity contribution < 1.29 is 9.90 Å². The highest BCUT2D eigenvalue weighted by atomic mass is 32.1. The van der Waals surface area contributed by atoms with Crippen LogP contribution in [0.5, 0.6) is 0 Å². The van der Waals surface area contributed by atoms with E-state index < -0.39 is 0 Å². The van der Waals surface area contributed by atoms with Crippen LogP contribution in [0.1, 0.15) is 41.3 Å². The van der Waals surface area contributed by atoms with Crippen LogP contribution in [0.4, 0.5) is 5.82 Å². The number of anilines is 1. The Hall–Kier alpha value is -1.73. The van der Waals surface area contributed by atoms with Gasteiger partial charge in [0.05, 0.1) is 16.4 Å². The predicted octanol–water partition coefficient (Wildman–Crippen LogP) is 2.03. The van der Waals surface area contributed by atoms with Crippen molar-refractivity contribution in [1.29, 1.82) is 0 Å². The molecule has 1 amide bonds. The smallest absolute Gasteiger partial charge is 0.261 e. The third kappa shape index (κ3) is 3.53. The van der Waals surface area contributed by atoms with Gasteiger partial charge in [-0.1, -0.05) is 6.92 Å². The van der Waals surface area contributed by atoms with Crippen LogP contribution in [0, 0.1) is 19.8 Å². The minimum Gasteiger partial charge on any atom is -0.393 e. The first-order chi connectivity index (χ1) is 10.3. The molecule has 2 aromatic rings. The number of carbonyl (C=O) groups excluding carboxylic acids is 1. The topological polar surface area (TPSA) is 101 Å². The fourth-order valence-electron chi connectivity index (χ4n) is 2.51. The highest BCUT2D eigenvalue weighted by molar-refractivity contribution is 7.20. The van der Waals surface area contributed by atoms with Crippen molar-refractivity contribution in [3.8, 4) is 0 Å². The van der Waals surface area contributed by atoms with Crippen LogP contribution in [0.25, 0.3) is 10.2 Å². The Balaban J connectivity index is 2.18. The molecule has 2 atom stereocenters. The van der Waals surface area contributed by atoms with Gasteiger partial charge in [-0.05, 0) is 38.7 Å². The molecule has 22 heavy (non-hydrogen) atoms. The van der Waals surface area contributed by atoms with Gasteiger partial charge in [-0.2, -0.15) is 0 Å². The third-order valence-electron chi connectivity index (χ3n) is 3.49. The third-order valence-corrected chi connectivity index (χ3v) is 4.68. The highest BCUT2D eigenvalue weighted by Gasteiger charge is 2.19. The van der Waals surface area contributed by atoms with Gasteiger partial charge >= 0.3 is 0 Å². The zero-order valence-corrected chi connectivity index (χ0v) is 14.1. The molecule has 0 fully saturated rings. The molecule has 0 bridgehead atoms. The van der Waals surface area contributed by atoms with Gasteiger partial charge in [0, 0.05) is 6.54 Å². The number of hydrogen-bond acceptors (Lipinski definition) is 6. The highest BCUT2D eigenvalue weighted by Crippen LogP contribution is 2.32. The van der Waals surface area contributed by atoms with Crippen LogP contribution in [-0.2, 0) is 0 Å². The molecule has 0 spiro atoms. The van der Waals surface area contributed by atoms with Gasteiger partial charge in [0.2, 0.25) is 0 Å². The number of carbonyl (C=O) groups is 1. The summed E-state index contributed by atoms with van der Waals surface area (Å²) >= 11 is 1.33. The Kier molecular flexibility index (Phi) is 4.97. The van der Waals surface area contributed by atoms with E-state index in [1.54, 1.807) is 13.8 Å². The summed E-state index contributed by atoms with van der Waals surface area (Å²) in [4.78, 5) is 22.2. The van der Waals surface area contributed by atoms with Gasteiger partial charge in [-0.25, -0.2) is 9.97 Å². The molecule has 0 saturated carbocycles. The number of aliphatic hydroxyl groups is 1. The van der Waals surface area contributed by atoms with Gasteiger partial charge in [-0.15, -0.1) is 11.3 Å². The van der Waals surface area contributed by atoms with Crippen LogP contribution in [0.2, 0.25) is 0 Å². The number of aryl methyl sites for hydroxylation is 2. The molecular formula is C15H22N4O2S. The van der Waals surface area contributed by atoms with Crippen LogP contribution >= 0.6 is 11.3 Å². The van der Waals surface area contributed by atoms with Crippen molar-refractivity contribution in [2.45, 2.75) is 40.2 Å². The summed E-state index contributed by atoms with van der Waals surface area (Å²) in [6.07, 6.45) is 0.291. The molecule has 0 aliphatic rings. The molecule has 4 N–H and O–H groups in total. The summed E-state index contributed by atoms with van der Waals surface area (Å²) in [6, 6.07) is 0. The monoisotopic (exact) mass is 322 g/mol. The molecular weight excluding hydrogens is 300 g/mol. The summed E-state index contributed by atoms with van der Waals surface area (Å²) in [6.45, 7) is 7.91. The molecule has 0 saturated heterocycles. The molecule has 2 aromatic heterocycles. The molecule has 0 aliphatic heterocycles. The van der Waals surface area contributed by atoms with Crippen molar-refractivity contribution in [3.05, 3.63) is 16.3 Å². The first-order valence-electron chi connectivity index (χ1n) is 7.29. The van der Waals surface area contributed by atoms with E-state index in [0.29, 0.717) is 29.5 Å². The second kappa shape index (κ2) is 6.58. The molecule has 6 nitrogen and oxygen atoms in total. The normalized spacial score (nSPS) is 14.0. The molecule has 7 heteroatoms. The Labute approximate surface area is 133 Å². The quantitative estimate of drug-likeness (QED) is 0.782. The maximum Gasteiger partial charge on any atom is 0.261 e. The fraction of sp³-hybridized carbons (Fsp3) is 0.533. The molecule has 0 aliphatic carbocycles. The Morgan fingerprint density at radius 1 is 1.36 bits per heavy atom. The van der Waals surface area contributed by atoms with E-state index in [1.165, 1.54) is 11.3 Å². The van der Waals surface area contributed by atoms with E-state index in [9.17, 15) is 9.90 Å². The molecule has 0 radical (unpaired) electrons. The van der Waals surface area contributed by atoms with Gasteiger partial charge in [-0.3, -0.25) is 4.79 Å². The number of nitrogens with two attached hydrogens (primary N) is 1. The number of nitrogens with one attached hydrogen (secondary N) is 1. The van der Waals surface area contributed by atoms with Crippen LogP contribution in [0.3, 0.4) is 0 Å². The van der Waals surface area contributed by atoms with Gasteiger partial charge in [0.15, 0.2) is 0 Å². The van der Waals surface area contributed by atoms with E-state index in [1.807, 2.05) is 13.8 Å².